The predicted molar refractivity (Wildman–Crippen MR) is 69.9 cm³/mol. The van der Waals surface area contributed by atoms with Gasteiger partial charge in [-0.3, -0.25) is 9.52 Å². The number of amides is 1. The van der Waals surface area contributed by atoms with Gasteiger partial charge in [0.05, 0.1) is 6.26 Å². The topological polar surface area (TPSA) is 92.5 Å². The fourth-order valence-electron chi connectivity index (χ4n) is 1.91. The largest absolute Gasteiger partial charge is 0.326 e. The average molecular weight is 269 g/mol. The van der Waals surface area contributed by atoms with E-state index in [1.54, 1.807) is 29.2 Å². The highest BCUT2D eigenvalue weighted by atomic mass is 32.2. The number of hydrogen-bond donors (Lipinski definition) is 2. The van der Waals surface area contributed by atoms with Crippen LogP contribution in [0.15, 0.2) is 24.3 Å². The van der Waals surface area contributed by atoms with Crippen LogP contribution in [0.1, 0.15) is 6.42 Å². The molecule has 7 heteroatoms. The van der Waals surface area contributed by atoms with Crippen LogP contribution in [0.5, 0.6) is 0 Å². The Morgan fingerprint density at radius 3 is 2.39 bits per heavy atom. The molecule has 6 nitrogen and oxygen atoms in total. The molecule has 1 saturated heterocycles. The second-order valence-corrected chi connectivity index (χ2v) is 6.14. The Bertz CT molecular complexity index is 553. The lowest BCUT2D eigenvalue weighted by Gasteiger charge is -2.16. The van der Waals surface area contributed by atoms with Crippen molar-refractivity contribution >= 4 is 27.3 Å². The number of nitrogens with one attached hydrogen (secondary N) is 1. The summed E-state index contributed by atoms with van der Waals surface area (Å²) in [7, 11) is -3.28. The van der Waals surface area contributed by atoms with Gasteiger partial charge in [-0.2, -0.15) is 0 Å². The molecule has 0 aliphatic carbocycles. The van der Waals surface area contributed by atoms with Crippen molar-refractivity contribution in [2.24, 2.45) is 5.73 Å². The molecule has 0 aromatic heterocycles. The SMILES string of the molecule is CS(=O)(=O)Nc1ccc(N2CC(N)CC2=O)cc1. The number of nitrogens with zero attached hydrogens (tertiary/aromatic N) is 1. The van der Waals surface area contributed by atoms with Crippen molar-refractivity contribution in [1.82, 2.24) is 0 Å². The minimum absolute atomic E-state index is 0.00803. The normalized spacial score (nSPS) is 20.2. The molecule has 0 spiro atoms. The maximum absolute atomic E-state index is 11.6. The van der Waals surface area contributed by atoms with Crippen LogP contribution in [-0.4, -0.2) is 33.2 Å². The Balaban J connectivity index is 2.15. The maximum atomic E-state index is 11.6. The number of hydrogen-bond acceptors (Lipinski definition) is 4. The number of carbonyl (C=O) groups excluding carboxylic acids is 1. The Kier molecular flexibility index (Phi) is 3.27. The molecule has 1 aliphatic rings. The highest BCUT2D eigenvalue weighted by Gasteiger charge is 2.27. The van der Waals surface area contributed by atoms with Crippen molar-refractivity contribution in [3.8, 4) is 0 Å². The van der Waals surface area contributed by atoms with Crippen molar-refractivity contribution in [2.75, 3.05) is 22.4 Å². The van der Waals surface area contributed by atoms with E-state index in [2.05, 4.69) is 4.72 Å². The molecular weight excluding hydrogens is 254 g/mol. The van der Waals surface area contributed by atoms with E-state index in [0.29, 0.717) is 18.7 Å². The zero-order valence-electron chi connectivity index (χ0n) is 9.96. The molecule has 1 unspecified atom stereocenters. The summed E-state index contributed by atoms with van der Waals surface area (Å²) in [6.45, 7) is 0.498. The monoisotopic (exact) mass is 269 g/mol. The third-order valence-corrected chi connectivity index (χ3v) is 3.24. The van der Waals surface area contributed by atoms with Crippen LogP contribution in [-0.2, 0) is 14.8 Å². The molecule has 3 N–H and O–H groups in total. The number of nitrogens with two attached hydrogens (primary N) is 1. The van der Waals surface area contributed by atoms with E-state index in [0.717, 1.165) is 11.9 Å². The van der Waals surface area contributed by atoms with Gasteiger partial charge in [0.2, 0.25) is 15.9 Å². The maximum Gasteiger partial charge on any atom is 0.229 e. The van der Waals surface area contributed by atoms with E-state index in [-0.39, 0.29) is 11.9 Å². The van der Waals surface area contributed by atoms with Crippen molar-refractivity contribution in [1.29, 1.82) is 0 Å². The van der Waals surface area contributed by atoms with Crippen LogP contribution in [0.4, 0.5) is 11.4 Å². The van der Waals surface area contributed by atoms with Gasteiger partial charge >= 0.3 is 0 Å². The first-order chi connectivity index (χ1) is 8.35. The summed E-state index contributed by atoms with van der Waals surface area (Å²) < 4.78 is 24.5. The summed E-state index contributed by atoms with van der Waals surface area (Å²) in [5.74, 6) is -0.00803. The Hall–Kier alpha value is -1.60. The number of benzene rings is 1. The van der Waals surface area contributed by atoms with E-state index in [1.165, 1.54) is 0 Å². The van der Waals surface area contributed by atoms with Gasteiger partial charge in [0, 0.05) is 30.4 Å². The first-order valence-electron chi connectivity index (χ1n) is 5.49. The third kappa shape index (κ3) is 2.99. The summed E-state index contributed by atoms with van der Waals surface area (Å²) in [6.07, 6.45) is 1.44. The van der Waals surface area contributed by atoms with Crippen LogP contribution in [0.2, 0.25) is 0 Å². The molecule has 0 bridgehead atoms. The summed E-state index contributed by atoms with van der Waals surface area (Å²) in [5, 5.41) is 0. The summed E-state index contributed by atoms with van der Waals surface area (Å²) >= 11 is 0. The lowest BCUT2D eigenvalue weighted by Crippen LogP contribution is -2.27. The predicted octanol–water partition coefficient (Wildman–Crippen LogP) is 0.122. The minimum Gasteiger partial charge on any atom is -0.326 e. The molecule has 1 amide bonds. The summed E-state index contributed by atoms with van der Waals surface area (Å²) in [4.78, 5) is 13.2. The van der Waals surface area contributed by atoms with Gasteiger partial charge in [-0.25, -0.2) is 8.42 Å². The van der Waals surface area contributed by atoms with Gasteiger partial charge < -0.3 is 10.6 Å². The van der Waals surface area contributed by atoms with E-state index < -0.39 is 10.0 Å². The summed E-state index contributed by atoms with van der Waals surface area (Å²) in [5.41, 5.74) is 6.91. The molecule has 0 saturated carbocycles. The summed E-state index contributed by atoms with van der Waals surface area (Å²) in [6, 6.07) is 6.50. The average Bonchev–Trinajstić information content (AvgIpc) is 2.57. The van der Waals surface area contributed by atoms with Crippen LogP contribution in [0.3, 0.4) is 0 Å². The first-order valence-corrected chi connectivity index (χ1v) is 7.38. The Labute approximate surface area is 106 Å². The zero-order valence-corrected chi connectivity index (χ0v) is 10.8. The van der Waals surface area contributed by atoms with Gasteiger partial charge in [-0.1, -0.05) is 0 Å². The number of carbonyl (C=O) groups is 1. The molecular formula is C11H15N3O3S. The molecule has 1 aliphatic heterocycles. The fraction of sp³-hybridized carbons (Fsp3) is 0.364. The van der Waals surface area contributed by atoms with Gasteiger partial charge in [0.1, 0.15) is 0 Å². The highest BCUT2D eigenvalue weighted by Crippen LogP contribution is 2.22. The van der Waals surface area contributed by atoms with Crippen molar-refractivity contribution in [2.45, 2.75) is 12.5 Å². The van der Waals surface area contributed by atoms with Crippen molar-refractivity contribution < 1.29 is 13.2 Å². The molecule has 18 heavy (non-hydrogen) atoms. The Morgan fingerprint density at radius 2 is 1.94 bits per heavy atom. The zero-order chi connectivity index (χ0) is 13.3. The van der Waals surface area contributed by atoms with E-state index in [1.807, 2.05) is 0 Å². The molecule has 0 radical (unpaired) electrons. The first kappa shape index (κ1) is 12.8. The lowest BCUT2D eigenvalue weighted by atomic mass is 10.2. The molecule has 2 rings (SSSR count). The second-order valence-electron chi connectivity index (χ2n) is 4.39. The standard InChI is InChI=1S/C11H15N3O3S/c1-18(16,17)13-9-2-4-10(5-3-9)14-7-8(12)6-11(14)15/h2-5,8,13H,6-7,12H2,1H3. The molecule has 98 valence electrons. The number of sulfonamides is 1. The van der Waals surface area contributed by atoms with Gasteiger partial charge in [0.15, 0.2) is 0 Å². The molecule has 1 fully saturated rings. The lowest BCUT2D eigenvalue weighted by molar-refractivity contribution is -0.117. The van der Waals surface area contributed by atoms with Crippen LogP contribution < -0.4 is 15.4 Å². The fourth-order valence-corrected chi connectivity index (χ4v) is 2.47. The highest BCUT2D eigenvalue weighted by molar-refractivity contribution is 7.92. The van der Waals surface area contributed by atoms with E-state index in [4.69, 9.17) is 5.73 Å². The smallest absolute Gasteiger partial charge is 0.229 e. The quantitative estimate of drug-likeness (QED) is 0.815. The van der Waals surface area contributed by atoms with Crippen LogP contribution >= 0.6 is 0 Å². The second kappa shape index (κ2) is 4.58. The molecule has 1 aromatic carbocycles. The van der Waals surface area contributed by atoms with Crippen LogP contribution in [0.25, 0.3) is 0 Å². The molecule has 1 aromatic rings. The number of anilines is 2. The molecule has 1 atom stereocenters. The van der Waals surface area contributed by atoms with Crippen molar-refractivity contribution in [3.05, 3.63) is 24.3 Å². The van der Waals surface area contributed by atoms with Gasteiger partial charge in [-0.15, -0.1) is 0 Å². The van der Waals surface area contributed by atoms with E-state index in [9.17, 15) is 13.2 Å². The van der Waals surface area contributed by atoms with Crippen LogP contribution in [0, 0.1) is 0 Å². The Morgan fingerprint density at radius 1 is 1.33 bits per heavy atom. The molecule has 1 heterocycles. The third-order valence-electron chi connectivity index (χ3n) is 2.64. The van der Waals surface area contributed by atoms with E-state index >= 15 is 0 Å². The van der Waals surface area contributed by atoms with Gasteiger partial charge in [-0.05, 0) is 24.3 Å². The van der Waals surface area contributed by atoms with Crippen molar-refractivity contribution in [3.63, 3.8) is 0 Å². The van der Waals surface area contributed by atoms with Gasteiger partial charge in [0.25, 0.3) is 0 Å². The minimum atomic E-state index is -3.28. The number of rotatable bonds is 3.